The summed E-state index contributed by atoms with van der Waals surface area (Å²) in [6, 6.07) is 11.7. The van der Waals surface area contributed by atoms with Crippen LogP contribution in [0.15, 0.2) is 67.4 Å². The van der Waals surface area contributed by atoms with E-state index in [-0.39, 0.29) is 17.7 Å². The molecule has 0 bridgehead atoms. The first-order valence-corrected chi connectivity index (χ1v) is 15.0. The second-order valence-electron chi connectivity index (χ2n) is 10.2. The number of methoxy groups -OCH3 is 1. The van der Waals surface area contributed by atoms with Crippen molar-refractivity contribution >= 4 is 26.4 Å². The summed E-state index contributed by atoms with van der Waals surface area (Å²) in [5.74, 6) is 1.57. The van der Waals surface area contributed by atoms with Crippen molar-refractivity contribution in [2.75, 3.05) is 30.6 Å². The van der Waals surface area contributed by atoms with Crippen LogP contribution in [0.5, 0.6) is 5.75 Å². The fourth-order valence-electron chi connectivity index (χ4n) is 5.30. The molecule has 1 aliphatic heterocycles. The van der Waals surface area contributed by atoms with Crippen LogP contribution in [0.4, 0.5) is 5.69 Å². The van der Waals surface area contributed by atoms with E-state index in [1.54, 1.807) is 38.1 Å². The highest BCUT2D eigenvalue weighted by Gasteiger charge is 2.38. The number of hydrogen-bond acceptors (Lipinski definition) is 9. The van der Waals surface area contributed by atoms with Gasteiger partial charge in [0.25, 0.3) is 0 Å². The van der Waals surface area contributed by atoms with Gasteiger partial charge in [-0.25, -0.2) is 18.1 Å². The van der Waals surface area contributed by atoms with E-state index < -0.39 is 9.84 Å². The molecule has 0 aliphatic carbocycles. The van der Waals surface area contributed by atoms with Gasteiger partial charge in [-0.3, -0.25) is 15.0 Å². The molecule has 6 rings (SSSR count). The molecular formula is C29H29N7O3S. The van der Waals surface area contributed by atoms with Crippen molar-refractivity contribution in [2.45, 2.75) is 19.9 Å². The topological polar surface area (TPSA) is 116 Å². The van der Waals surface area contributed by atoms with Gasteiger partial charge < -0.3 is 9.64 Å². The zero-order valence-corrected chi connectivity index (χ0v) is 23.5. The van der Waals surface area contributed by atoms with Crippen LogP contribution in [0.3, 0.4) is 0 Å². The third kappa shape index (κ3) is 4.77. The van der Waals surface area contributed by atoms with Crippen LogP contribution in [0.2, 0.25) is 0 Å². The highest BCUT2D eigenvalue weighted by atomic mass is 32.2. The van der Waals surface area contributed by atoms with Gasteiger partial charge in [-0.1, -0.05) is 0 Å². The first kappa shape index (κ1) is 25.9. The minimum Gasteiger partial charge on any atom is -0.496 e. The molecule has 0 amide bonds. The predicted octanol–water partition coefficient (Wildman–Crippen LogP) is 4.13. The van der Waals surface area contributed by atoms with E-state index in [0.29, 0.717) is 18.1 Å². The van der Waals surface area contributed by atoms with Gasteiger partial charge in [0.15, 0.2) is 5.82 Å². The molecule has 5 aromatic heterocycles. The molecule has 0 radical (unpaired) electrons. The number of anilines is 1. The van der Waals surface area contributed by atoms with Crippen LogP contribution in [0.1, 0.15) is 12.6 Å². The minimum atomic E-state index is -3.06. The van der Waals surface area contributed by atoms with E-state index in [0.717, 1.165) is 44.8 Å². The number of aryl methyl sites for hydroxylation is 1. The number of aromatic nitrogens is 6. The Morgan fingerprint density at radius 2 is 1.85 bits per heavy atom. The molecule has 204 valence electrons. The molecule has 11 heteroatoms. The smallest absolute Gasteiger partial charge is 0.156 e. The Bertz CT molecular complexity index is 1820. The third-order valence-electron chi connectivity index (χ3n) is 7.46. The Hall–Kier alpha value is -4.38. The molecule has 1 fully saturated rings. The molecule has 0 spiro atoms. The Morgan fingerprint density at radius 1 is 1.02 bits per heavy atom. The van der Waals surface area contributed by atoms with Gasteiger partial charge in [-0.15, -0.1) is 0 Å². The summed E-state index contributed by atoms with van der Waals surface area (Å²) in [5, 5.41) is 5.63. The summed E-state index contributed by atoms with van der Waals surface area (Å²) < 4.78 is 31.2. The SMILES string of the molecule is COc1ccncc1-c1cc2c(cnn2-c2cc(N3C[C@H](CS(C)(=O)=O)[C@H]3C)cc(-c3cccnc3)n2)c(C)n1. The lowest BCUT2D eigenvalue weighted by atomic mass is 9.91. The first-order valence-electron chi connectivity index (χ1n) is 12.9. The second kappa shape index (κ2) is 9.98. The van der Waals surface area contributed by atoms with E-state index in [1.807, 2.05) is 48.0 Å². The zero-order chi connectivity index (χ0) is 28.0. The van der Waals surface area contributed by atoms with Crippen LogP contribution in [-0.2, 0) is 9.84 Å². The number of rotatable bonds is 7. The average Bonchev–Trinajstić information content (AvgIpc) is 3.39. The molecule has 0 aromatic carbocycles. The molecule has 2 atom stereocenters. The standard InChI is InChI=1S/C29H29N7O3S/c1-18-23-15-32-36(27(23)12-26(33-18)24-14-31-9-7-28(24)39-3)29-11-22(10-25(34-29)20-6-5-8-30-13-20)35-16-21(19(35)2)17-40(4,37)38/h5-15,19,21H,16-17H2,1-4H3/t19-,21-/m1/s1. The fraction of sp³-hybridized carbons (Fsp3) is 0.276. The molecule has 40 heavy (non-hydrogen) atoms. The lowest BCUT2D eigenvalue weighted by molar-refractivity contribution is 0.341. The number of pyridine rings is 4. The summed E-state index contributed by atoms with van der Waals surface area (Å²) >= 11 is 0. The van der Waals surface area contributed by atoms with Crippen LogP contribution in [0.25, 0.3) is 39.2 Å². The summed E-state index contributed by atoms with van der Waals surface area (Å²) in [6.45, 7) is 4.67. The maximum atomic E-state index is 11.9. The van der Waals surface area contributed by atoms with Crippen molar-refractivity contribution in [1.82, 2.24) is 29.7 Å². The maximum Gasteiger partial charge on any atom is 0.156 e. The Morgan fingerprint density at radius 3 is 2.58 bits per heavy atom. The minimum absolute atomic E-state index is 0.0668. The summed E-state index contributed by atoms with van der Waals surface area (Å²) in [4.78, 5) is 20.6. The number of fused-ring (bicyclic) bond motifs is 1. The number of ether oxygens (including phenoxy) is 1. The van der Waals surface area contributed by atoms with E-state index in [4.69, 9.17) is 19.8 Å². The average molecular weight is 556 g/mol. The largest absolute Gasteiger partial charge is 0.496 e. The molecule has 0 N–H and O–H groups in total. The number of nitrogens with zero attached hydrogens (tertiary/aromatic N) is 7. The van der Waals surface area contributed by atoms with Gasteiger partial charge in [0.2, 0.25) is 0 Å². The van der Waals surface area contributed by atoms with Crippen LogP contribution >= 0.6 is 0 Å². The first-order chi connectivity index (χ1) is 19.2. The van der Waals surface area contributed by atoms with Crippen molar-refractivity contribution in [1.29, 1.82) is 0 Å². The number of hydrogen-bond donors (Lipinski definition) is 0. The lowest BCUT2D eigenvalue weighted by Gasteiger charge is -2.48. The molecule has 1 saturated heterocycles. The van der Waals surface area contributed by atoms with Gasteiger partial charge in [-0.05, 0) is 44.2 Å². The van der Waals surface area contributed by atoms with Gasteiger partial charge >= 0.3 is 0 Å². The second-order valence-corrected chi connectivity index (χ2v) is 12.4. The van der Waals surface area contributed by atoms with Crippen molar-refractivity contribution in [2.24, 2.45) is 5.92 Å². The van der Waals surface area contributed by atoms with E-state index in [1.165, 1.54) is 6.26 Å². The third-order valence-corrected chi connectivity index (χ3v) is 8.49. The van der Waals surface area contributed by atoms with Crippen molar-refractivity contribution in [3.8, 4) is 34.1 Å². The van der Waals surface area contributed by atoms with Gasteiger partial charge in [0.1, 0.15) is 15.6 Å². The van der Waals surface area contributed by atoms with Crippen LogP contribution < -0.4 is 9.64 Å². The van der Waals surface area contributed by atoms with Crippen molar-refractivity contribution in [3.63, 3.8) is 0 Å². The van der Waals surface area contributed by atoms with E-state index in [2.05, 4.69) is 21.8 Å². The molecule has 0 unspecified atom stereocenters. The normalized spacial score (nSPS) is 17.1. The molecule has 10 nitrogen and oxygen atoms in total. The fourth-order valence-corrected chi connectivity index (χ4v) is 6.46. The number of sulfone groups is 1. The summed E-state index contributed by atoms with van der Waals surface area (Å²) in [6.07, 6.45) is 10.0. The Labute approximate surface area is 232 Å². The zero-order valence-electron chi connectivity index (χ0n) is 22.7. The summed E-state index contributed by atoms with van der Waals surface area (Å²) in [5.41, 5.74) is 5.76. The quantitative estimate of drug-likeness (QED) is 0.292. The predicted molar refractivity (Wildman–Crippen MR) is 154 cm³/mol. The highest BCUT2D eigenvalue weighted by Crippen LogP contribution is 2.36. The van der Waals surface area contributed by atoms with Crippen LogP contribution in [-0.4, -0.2) is 69.8 Å². The lowest BCUT2D eigenvalue weighted by Crippen LogP contribution is -2.57. The van der Waals surface area contributed by atoms with E-state index >= 15 is 0 Å². The molecule has 1 aliphatic rings. The highest BCUT2D eigenvalue weighted by molar-refractivity contribution is 7.90. The molecular weight excluding hydrogens is 526 g/mol. The maximum absolute atomic E-state index is 11.9. The van der Waals surface area contributed by atoms with Crippen molar-refractivity contribution in [3.05, 3.63) is 73.1 Å². The van der Waals surface area contributed by atoms with Gasteiger partial charge in [-0.2, -0.15) is 5.10 Å². The van der Waals surface area contributed by atoms with Crippen molar-refractivity contribution < 1.29 is 13.2 Å². The van der Waals surface area contributed by atoms with E-state index in [9.17, 15) is 8.42 Å². The Kier molecular flexibility index (Phi) is 6.46. The monoisotopic (exact) mass is 555 g/mol. The molecule has 6 heterocycles. The van der Waals surface area contributed by atoms with Gasteiger partial charge in [0.05, 0.1) is 41.5 Å². The summed E-state index contributed by atoms with van der Waals surface area (Å²) in [7, 11) is -1.43. The van der Waals surface area contributed by atoms with Gasteiger partial charge in [0, 0.05) is 77.9 Å². The Balaban J connectivity index is 1.48. The molecule has 5 aromatic rings. The molecule has 0 saturated carbocycles. The van der Waals surface area contributed by atoms with Crippen LogP contribution in [0, 0.1) is 12.8 Å².